The quantitative estimate of drug-likeness (QED) is 0.179. The van der Waals surface area contributed by atoms with Crippen molar-refractivity contribution in [3.05, 3.63) is 45.5 Å². The lowest BCUT2D eigenvalue weighted by Gasteiger charge is -2.21. The molecule has 0 fully saturated rings. The van der Waals surface area contributed by atoms with Gasteiger partial charge in [-0.15, -0.1) is 0 Å². The lowest BCUT2D eigenvalue weighted by molar-refractivity contribution is -0.0116. The van der Waals surface area contributed by atoms with Gasteiger partial charge < -0.3 is 40.1 Å². The molecule has 0 saturated heterocycles. The zero-order chi connectivity index (χ0) is 27.5. The van der Waals surface area contributed by atoms with Crippen LogP contribution in [0.5, 0.6) is 34.5 Å². The van der Waals surface area contributed by atoms with E-state index in [4.69, 9.17) is 9.47 Å². The maximum absolute atomic E-state index is 10.8. The first-order valence-electron chi connectivity index (χ1n) is 12.7. The second kappa shape index (κ2) is 7.82. The summed E-state index contributed by atoms with van der Waals surface area (Å²) in [6.07, 6.45) is -2.99. The summed E-state index contributed by atoms with van der Waals surface area (Å²) in [7, 11) is 0. The second-order valence-corrected chi connectivity index (χ2v) is 10.9. The molecule has 2 aliphatic rings. The number of phenolic OH excluding ortho intramolecular Hbond substituents is 4. The van der Waals surface area contributed by atoms with Gasteiger partial charge >= 0.3 is 0 Å². The molecule has 2 atom stereocenters. The van der Waals surface area contributed by atoms with Gasteiger partial charge in [-0.2, -0.15) is 0 Å². The fourth-order valence-electron chi connectivity index (χ4n) is 6.38. The minimum Gasteiger partial charge on any atom is -0.504 e. The van der Waals surface area contributed by atoms with E-state index in [-0.39, 0.29) is 34.5 Å². The van der Waals surface area contributed by atoms with E-state index in [1.165, 1.54) is 0 Å². The Hall–Kier alpha value is -3.88. The molecule has 2 aliphatic heterocycles. The molecule has 0 saturated carbocycles. The van der Waals surface area contributed by atoms with Crippen LogP contribution in [-0.4, -0.2) is 30.6 Å². The van der Waals surface area contributed by atoms with Crippen LogP contribution in [-0.2, 0) is 0 Å². The minimum atomic E-state index is -1.50. The highest BCUT2D eigenvalue weighted by Gasteiger charge is 2.39. The number of benzene rings is 4. The smallest absolute Gasteiger partial charge is 0.228 e. The average Bonchev–Trinajstić information content (AvgIpc) is 3.34. The van der Waals surface area contributed by atoms with E-state index >= 15 is 0 Å². The number of hydrogen-bond acceptors (Lipinski definition) is 8. The summed E-state index contributed by atoms with van der Waals surface area (Å²) in [4.78, 5) is 0. The molecular weight excluding hydrogens is 488 g/mol. The van der Waals surface area contributed by atoms with Gasteiger partial charge in [0, 0.05) is 33.0 Å². The molecule has 8 heteroatoms. The molecule has 0 bridgehead atoms. The third-order valence-corrected chi connectivity index (χ3v) is 7.90. The van der Waals surface area contributed by atoms with E-state index in [0.29, 0.717) is 55.3 Å². The number of aryl methyl sites for hydroxylation is 2. The molecule has 6 rings (SSSR count). The van der Waals surface area contributed by atoms with Crippen molar-refractivity contribution in [3.8, 4) is 45.6 Å². The number of phenols is 4. The van der Waals surface area contributed by atoms with Crippen LogP contribution in [0.4, 0.5) is 0 Å². The summed E-state index contributed by atoms with van der Waals surface area (Å²) in [5.41, 5.74) is 4.01. The van der Waals surface area contributed by atoms with Crippen molar-refractivity contribution in [1.82, 2.24) is 0 Å². The van der Waals surface area contributed by atoms with E-state index in [0.717, 1.165) is 11.1 Å². The van der Waals surface area contributed by atoms with Crippen molar-refractivity contribution in [2.45, 2.75) is 66.0 Å². The molecule has 0 aromatic heterocycles. The van der Waals surface area contributed by atoms with Gasteiger partial charge in [0.05, 0.1) is 11.1 Å². The number of aliphatic hydroxyl groups is 2. The van der Waals surface area contributed by atoms with E-state index < -0.39 is 24.1 Å². The predicted molar refractivity (Wildman–Crippen MR) is 142 cm³/mol. The van der Waals surface area contributed by atoms with E-state index in [1.54, 1.807) is 0 Å². The van der Waals surface area contributed by atoms with Crippen molar-refractivity contribution in [3.63, 3.8) is 0 Å². The summed E-state index contributed by atoms with van der Waals surface area (Å²) < 4.78 is 11.9. The van der Waals surface area contributed by atoms with Gasteiger partial charge in [0.1, 0.15) is 11.5 Å². The third-order valence-electron chi connectivity index (χ3n) is 7.90. The lowest BCUT2D eigenvalue weighted by atomic mass is 9.84. The Morgan fingerprint density at radius 1 is 0.605 bits per heavy atom. The van der Waals surface area contributed by atoms with Crippen molar-refractivity contribution in [1.29, 1.82) is 0 Å². The van der Waals surface area contributed by atoms with Crippen LogP contribution in [0.3, 0.4) is 0 Å². The molecule has 198 valence electrons. The molecular formula is C30H30O8. The van der Waals surface area contributed by atoms with Crippen molar-refractivity contribution in [2.24, 2.45) is 0 Å². The van der Waals surface area contributed by atoms with Crippen LogP contribution >= 0.6 is 0 Å². The zero-order valence-corrected chi connectivity index (χ0v) is 22.0. The topological polar surface area (TPSA) is 140 Å². The Bertz CT molecular complexity index is 1590. The molecule has 4 aromatic carbocycles. The van der Waals surface area contributed by atoms with Crippen LogP contribution < -0.4 is 9.47 Å². The molecule has 0 spiro atoms. The van der Waals surface area contributed by atoms with Crippen LogP contribution in [0.1, 0.15) is 85.5 Å². The van der Waals surface area contributed by atoms with Gasteiger partial charge in [-0.25, -0.2) is 0 Å². The average molecular weight is 519 g/mol. The van der Waals surface area contributed by atoms with Crippen LogP contribution in [0.25, 0.3) is 32.7 Å². The zero-order valence-electron chi connectivity index (χ0n) is 22.0. The monoisotopic (exact) mass is 518 g/mol. The molecule has 0 amide bonds. The first-order valence-corrected chi connectivity index (χ1v) is 12.7. The second-order valence-electron chi connectivity index (χ2n) is 10.9. The Labute approximate surface area is 218 Å². The molecule has 2 unspecified atom stereocenters. The summed E-state index contributed by atoms with van der Waals surface area (Å²) in [5, 5.41) is 67.2. The summed E-state index contributed by atoms with van der Waals surface area (Å²) >= 11 is 0. The van der Waals surface area contributed by atoms with Crippen molar-refractivity contribution < 1.29 is 40.1 Å². The van der Waals surface area contributed by atoms with E-state index in [9.17, 15) is 30.6 Å². The molecule has 38 heavy (non-hydrogen) atoms. The highest BCUT2D eigenvalue weighted by atomic mass is 16.6. The Balaban J connectivity index is 1.79. The first-order chi connectivity index (χ1) is 17.9. The predicted octanol–water partition coefficient (Wildman–Crippen LogP) is 6.11. The Morgan fingerprint density at radius 3 is 1.26 bits per heavy atom. The van der Waals surface area contributed by atoms with Crippen LogP contribution in [0, 0.1) is 13.8 Å². The summed E-state index contributed by atoms with van der Waals surface area (Å²) in [6.45, 7) is 11.4. The maximum atomic E-state index is 10.8. The van der Waals surface area contributed by atoms with Gasteiger partial charge in [-0.3, -0.25) is 0 Å². The number of aromatic hydroxyl groups is 4. The lowest BCUT2D eigenvalue weighted by Crippen LogP contribution is -2.02. The van der Waals surface area contributed by atoms with E-state index in [1.807, 2.05) is 53.7 Å². The van der Waals surface area contributed by atoms with Gasteiger partial charge in [0.15, 0.2) is 23.0 Å². The number of rotatable bonds is 3. The Kier molecular flexibility index (Phi) is 5.03. The molecule has 6 N–H and O–H groups in total. The molecule has 8 nitrogen and oxygen atoms in total. The minimum absolute atomic E-state index is 0.0966. The number of hydrogen-bond donors (Lipinski definition) is 6. The van der Waals surface area contributed by atoms with Crippen molar-refractivity contribution in [2.75, 3.05) is 0 Å². The third kappa shape index (κ3) is 2.87. The fourth-order valence-corrected chi connectivity index (χ4v) is 6.38. The molecule has 4 aromatic rings. The van der Waals surface area contributed by atoms with E-state index in [2.05, 4.69) is 0 Å². The van der Waals surface area contributed by atoms with Gasteiger partial charge in [0.25, 0.3) is 0 Å². The largest absolute Gasteiger partial charge is 0.504 e. The summed E-state index contributed by atoms with van der Waals surface area (Å²) in [6, 6.07) is 3.79. The normalized spacial score (nSPS) is 17.7. The van der Waals surface area contributed by atoms with Crippen molar-refractivity contribution >= 4 is 21.5 Å². The molecule has 0 aliphatic carbocycles. The van der Waals surface area contributed by atoms with Gasteiger partial charge in [-0.1, -0.05) is 39.8 Å². The SMILES string of the molecule is Cc1cc2c(C(C)C)c(O)c(O)c3c2c(c1-c1c(C)cc2c(C(C)C)c(O)c(O)c4c2c1OC4O)OC3O. The summed E-state index contributed by atoms with van der Waals surface area (Å²) in [5.74, 6) is -0.990. The van der Waals surface area contributed by atoms with Crippen LogP contribution in [0.15, 0.2) is 12.1 Å². The van der Waals surface area contributed by atoms with Gasteiger partial charge in [0.2, 0.25) is 12.6 Å². The van der Waals surface area contributed by atoms with Crippen LogP contribution in [0.2, 0.25) is 0 Å². The standard InChI is InChI=1S/C30H30O8/c1-9(2)15-13-7-11(5)17(27-19(13)21(29(35)37-27)25(33)23(15)31)18-12(6)8-14-16(10(3)4)24(32)26(34)22-20(14)28(18)38-30(22)36/h7-10,29-36H,1-6H3. The number of ether oxygens (including phenoxy) is 2. The molecule has 2 heterocycles. The maximum Gasteiger partial charge on any atom is 0.228 e. The Morgan fingerprint density at radius 2 is 0.947 bits per heavy atom. The number of aliphatic hydroxyl groups excluding tert-OH is 2. The van der Waals surface area contributed by atoms with Gasteiger partial charge in [-0.05, 0) is 47.6 Å². The first kappa shape index (κ1) is 24.5. The highest BCUT2D eigenvalue weighted by molar-refractivity contribution is 6.10. The highest BCUT2D eigenvalue weighted by Crippen LogP contribution is 2.60. The fraction of sp³-hybridized carbons (Fsp3) is 0.333. The molecule has 0 radical (unpaired) electrons.